The highest BCUT2D eigenvalue weighted by Crippen LogP contribution is 2.38. The molecule has 2 amide bonds. The fourth-order valence-corrected chi connectivity index (χ4v) is 3.42. The minimum atomic E-state index is -0.665. The number of nitrogens with zero attached hydrogens (tertiary/aromatic N) is 1. The molecule has 1 heterocycles. The average Bonchev–Trinajstić information content (AvgIpc) is 2.91. The van der Waals surface area contributed by atoms with Crippen LogP contribution in [0.3, 0.4) is 0 Å². The molecule has 0 aromatic heterocycles. The number of hydrogen-bond donors (Lipinski definition) is 1. The lowest BCUT2D eigenvalue weighted by Crippen LogP contribution is -2.44. The summed E-state index contributed by atoms with van der Waals surface area (Å²) in [6.07, 6.45) is 0. The molecule has 0 aliphatic carbocycles. The first kappa shape index (κ1) is 15.7. The van der Waals surface area contributed by atoms with Gasteiger partial charge >= 0.3 is 0 Å². The molecule has 0 radical (unpaired) electrons. The van der Waals surface area contributed by atoms with Gasteiger partial charge in [-0.1, -0.05) is 48.0 Å². The Morgan fingerprint density at radius 1 is 1.04 bits per heavy atom. The molecule has 1 atom stereocenters. The molecule has 5 heteroatoms. The van der Waals surface area contributed by atoms with Crippen LogP contribution >= 0.6 is 11.6 Å². The van der Waals surface area contributed by atoms with E-state index >= 15 is 0 Å². The van der Waals surface area contributed by atoms with Crippen LogP contribution in [0.4, 0.5) is 11.4 Å². The van der Waals surface area contributed by atoms with Gasteiger partial charge in [-0.25, -0.2) is 0 Å². The van der Waals surface area contributed by atoms with Gasteiger partial charge < -0.3 is 5.32 Å². The zero-order valence-electron chi connectivity index (χ0n) is 13.5. The second-order valence-corrected chi connectivity index (χ2v) is 6.41. The first-order chi connectivity index (χ1) is 12.1. The molecule has 25 heavy (non-hydrogen) atoms. The number of hydrogen-bond acceptors (Lipinski definition) is 2. The van der Waals surface area contributed by atoms with Crippen molar-refractivity contribution in [3.8, 4) is 0 Å². The lowest BCUT2D eigenvalue weighted by atomic mass is 10.1. The lowest BCUT2D eigenvalue weighted by Gasteiger charge is -2.25. The average molecular weight is 351 g/mol. The Kier molecular flexibility index (Phi) is 3.70. The summed E-state index contributed by atoms with van der Waals surface area (Å²) in [5, 5.41) is 5.15. The number of anilines is 2. The lowest BCUT2D eigenvalue weighted by molar-refractivity contribution is -0.117. The Morgan fingerprint density at radius 3 is 2.52 bits per heavy atom. The molecule has 3 aromatic rings. The molecule has 4 rings (SSSR count). The molecule has 0 saturated heterocycles. The van der Waals surface area contributed by atoms with Gasteiger partial charge in [0.25, 0.3) is 5.91 Å². The Bertz CT molecular complexity index is 1010. The number of carbonyl (C=O) groups excluding carboxylic acids is 2. The van der Waals surface area contributed by atoms with Crippen LogP contribution in [0.5, 0.6) is 0 Å². The molecule has 1 aliphatic heterocycles. The van der Waals surface area contributed by atoms with Gasteiger partial charge in [0.1, 0.15) is 6.04 Å². The van der Waals surface area contributed by atoms with E-state index in [1.165, 1.54) is 0 Å². The normalized spacial score (nSPS) is 14.0. The largest absolute Gasteiger partial charge is 0.323 e. The van der Waals surface area contributed by atoms with Crippen molar-refractivity contribution in [2.45, 2.75) is 13.0 Å². The Morgan fingerprint density at radius 2 is 1.76 bits per heavy atom. The topological polar surface area (TPSA) is 49.4 Å². The summed E-state index contributed by atoms with van der Waals surface area (Å²) in [6.45, 7) is 1.72. The zero-order chi connectivity index (χ0) is 17.6. The maximum absolute atomic E-state index is 12.9. The van der Waals surface area contributed by atoms with Gasteiger partial charge in [-0.3, -0.25) is 14.5 Å². The van der Waals surface area contributed by atoms with E-state index in [-0.39, 0.29) is 11.8 Å². The molecule has 0 fully saturated rings. The van der Waals surface area contributed by atoms with Gasteiger partial charge in [0.15, 0.2) is 0 Å². The number of nitrogens with one attached hydrogen (secondary N) is 1. The van der Waals surface area contributed by atoms with E-state index in [0.29, 0.717) is 16.3 Å². The molecule has 4 nitrogen and oxygen atoms in total. The molecule has 1 aliphatic rings. The molecule has 0 saturated carbocycles. The minimum Gasteiger partial charge on any atom is -0.323 e. The predicted octanol–water partition coefficient (Wildman–Crippen LogP) is 4.48. The third-order valence-corrected chi connectivity index (χ3v) is 4.82. The Balaban J connectivity index is 1.69. The first-order valence-electron chi connectivity index (χ1n) is 7.98. The third-order valence-electron chi connectivity index (χ3n) is 4.49. The van der Waals surface area contributed by atoms with Gasteiger partial charge in [0.05, 0.1) is 16.4 Å². The number of carbonyl (C=O) groups is 2. The highest BCUT2D eigenvalue weighted by Gasteiger charge is 2.35. The predicted molar refractivity (Wildman–Crippen MR) is 100 cm³/mol. The molecule has 124 valence electrons. The fraction of sp³-hybridized carbons (Fsp3) is 0.100. The van der Waals surface area contributed by atoms with Gasteiger partial charge in [-0.2, -0.15) is 0 Å². The minimum absolute atomic E-state index is 0.159. The summed E-state index contributed by atoms with van der Waals surface area (Å²) in [5.41, 5.74) is 1.92. The van der Waals surface area contributed by atoms with Crippen LogP contribution in [-0.2, 0) is 4.79 Å². The van der Waals surface area contributed by atoms with Crippen molar-refractivity contribution in [1.82, 2.24) is 0 Å². The fourth-order valence-electron chi connectivity index (χ4n) is 3.24. The van der Waals surface area contributed by atoms with Gasteiger partial charge in [-0.15, -0.1) is 0 Å². The van der Waals surface area contributed by atoms with Crippen LogP contribution in [0.2, 0.25) is 5.02 Å². The van der Waals surface area contributed by atoms with Gasteiger partial charge in [0, 0.05) is 10.9 Å². The van der Waals surface area contributed by atoms with Crippen molar-refractivity contribution in [2.75, 3.05) is 10.2 Å². The van der Waals surface area contributed by atoms with E-state index in [2.05, 4.69) is 5.32 Å². The van der Waals surface area contributed by atoms with E-state index in [0.717, 1.165) is 16.5 Å². The van der Waals surface area contributed by atoms with Crippen LogP contribution in [-0.4, -0.2) is 17.9 Å². The number of amides is 2. The standard InChI is InChI=1S/C20H15ClN2O2/c1-12(19(24)22-16-10-3-2-9-15(16)21)23-17-11-5-7-13-6-4-8-14(18(13)17)20(23)25/h2-12H,1H3,(H,22,24)/t12-/m1/s1. The van der Waals surface area contributed by atoms with Crippen molar-refractivity contribution in [1.29, 1.82) is 0 Å². The summed E-state index contributed by atoms with van der Waals surface area (Å²) < 4.78 is 0. The van der Waals surface area contributed by atoms with E-state index in [4.69, 9.17) is 11.6 Å². The van der Waals surface area contributed by atoms with Crippen LogP contribution in [0.15, 0.2) is 60.7 Å². The second-order valence-electron chi connectivity index (χ2n) is 6.00. The van der Waals surface area contributed by atoms with Crippen LogP contribution in [0, 0.1) is 0 Å². The molecule has 1 N–H and O–H groups in total. The first-order valence-corrected chi connectivity index (χ1v) is 8.36. The van der Waals surface area contributed by atoms with E-state index in [1.54, 1.807) is 42.2 Å². The smallest absolute Gasteiger partial charge is 0.259 e. The maximum atomic E-state index is 12.9. The van der Waals surface area contributed by atoms with Crippen molar-refractivity contribution in [3.05, 3.63) is 71.2 Å². The summed E-state index contributed by atoms with van der Waals surface area (Å²) in [6, 6.07) is 17.7. The second kappa shape index (κ2) is 5.90. The van der Waals surface area contributed by atoms with Crippen molar-refractivity contribution < 1.29 is 9.59 Å². The van der Waals surface area contributed by atoms with Crippen molar-refractivity contribution in [3.63, 3.8) is 0 Å². The van der Waals surface area contributed by atoms with Gasteiger partial charge in [0.2, 0.25) is 5.91 Å². The van der Waals surface area contributed by atoms with Crippen molar-refractivity contribution >= 4 is 45.6 Å². The SMILES string of the molecule is C[C@H](C(=O)Nc1ccccc1Cl)N1C(=O)c2cccc3cccc1c23. The summed E-state index contributed by atoms with van der Waals surface area (Å²) in [7, 11) is 0. The number of para-hydroxylation sites is 1. The number of rotatable bonds is 3. The monoisotopic (exact) mass is 350 g/mol. The van der Waals surface area contributed by atoms with Crippen molar-refractivity contribution in [2.24, 2.45) is 0 Å². The molecular weight excluding hydrogens is 336 g/mol. The van der Waals surface area contributed by atoms with E-state index in [1.807, 2.05) is 30.3 Å². The maximum Gasteiger partial charge on any atom is 0.259 e. The zero-order valence-corrected chi connectivity index (χ0v) is 14.2. The van der Waals surface area contributed by atoms with E-state index < -0.39 is 6.04 Å². The summed E-state index contributed by atoms with van der Waals surface area (Å²) in [4.78, 5) is 27.1. The number of benzene rings is 3. The molecule has 3 aromatic carbocycles. The quantitative estimate of drug-likeness (QED) is 0.757. The summed E-state index contributed by atoms with van der Waals surface area (Å²) >= 11 is 6.10. The van der Waals surface area contributed by atoms with Crippen LogP contribution in [0.25, 0.3) is 10.8 Å². The molecule has 0 spiro atoms. The molecule has 0 bridgehead atoms. The Hall–Kier alpha value is -2.85. The molecule has 0 unspecified atom stereocenters. The van der Waals surface area contributed by atoms with Crippen LogP contribution < -0.4 is 10.2 Å². The van der Waals surface area contributed by atoms with Gasteiger partial charge in [-0.05, 0) is 36.6 Å². The number of halogens is 1. The van der Waals surface area contributed by atoms with E-state index in [9.17, 15) is 9.59 Å². The third kappa shape index (κ3) is 2.46. The summed E-state index contributed by atoms with van der Waals surface area (Å²) in [5.74, 6) is -0.445. The van der Waals surface area contributed by atoms with Crippen LogP contribution in [0.1, 0.15) is 17.3 Å². The highest BCUT2D eigenvalue weighted by molar-refractivity contribution is 6.34. The molecular formula is C20H15ClN2O2. The Labute approximate surface area is 150 Å². The highest BCUT2D eigenvalue weighted by atomic mass is 35.5.